The highest BCUT2D eigenvalue weighted by atomic mass is 35.5. The number of hydrogen-bond acceptors (Lipinski definition) is 1. The molecule has 16 heavy (non-hydrogen) atoms. The second-order valence-electron chi connectivity index (χ2n) is 5.89. The zero-order valence-corrected chi connectivity index (χ0v) is 11.7. The monoisotopic (exact) mass is 245 g/mol. The largest absolute Gasteiger partial charge is 0.342 e. The number of halogens is 1. The number of rotatable bonds is 3. The third-order valence-corrected chi connectivity index (χ3v) is 4.35. The molecular formula is C13H24ClNO. The molecule has 3 heteroatoms. The molecule has 2 nitrogen and oxygen atoms in total. The number of piperidine rings is 1. The maximum absolute atomic E-state index is 12.2. The number of amides is 1. The smallest absolute Gasteiger partial charge is 0.229 e. The summed E-state index contributed by atoms with van der Waals surface area (Å²) in [6.07, 6.45) is 2.28. The lowest BCUT2D eigenvalue weighted by atomic mass is 9.85. The fourth-order valence-electron chi connectivity index (χ4n) is 2.25. The van der Waals surface area contributed by atoms with Gasteiger partial charge in [0.1, 0.15) is 0 Å². The first-order valence-electron chi connectivity index (χ1n) is 6.24. The van der Waals surface area contributed by atoms with E-state index < -0.39 is 5.41 Å². The zero-order chi connectivity index (χ0) is 12.3. The van der Waals surface area contributed by atoms with Crippen LogP contribution in [0.25, 0.3) is 0 Å². The van der Waals surface area contributed by atoms with E-state index in [0.29, 0.717) is 5.88 Å². The molecule has 1 aliphatic heterocycles. The third-order valence-electron chi connectivity index (χ3n) is 3.68. The zero-order valence-electron chi connectivity index (χ0n) is 10.9. The van der Waals surface area contributed by atoms with Crippen LogP contribution in [0.15, 0.2) is 0 Å². The van der Waals surface area contributed by atoms with Crippen LogP contribution in [0.2, 0.25) is 0 Å². The van der Waals surface area contributed by atoms with E-state index in [2.05, 4.69) is 13.8 Å². The van der Waals surface area contributed by atoms with Crippen molar-refractivity contribution in [3.63, 3.8) is 0 Å². The van der Waals surface area contributed by atoms with Crippen LogP contribution in [0.4, 0.5) is 0 Å². The molecule has 1 aliphatic rings. The molecule has 0 saturated carbocycles. The van der Waals surface area contributed by atoms with E-state index in [9.17, 15) is 4.79 Å². The van der Waals surface area contributed by atoms with Crippen LogP contribution in [-0.4, -0.2) is 29.8 Å². The minimum Gasteiger partial charge on any atom is -0.342 e. The van der Waals surface area contributed by atoms with Gasteiger partial charge in [-0.15, -0.1) is 11.6 Å². The molecule has 1 saturated heterocycles. The Labute approximate surface area is 104 Å². The second kappa shape index (κ2) is 5.39. The highest BCUT2D eigenvalue weighted by molar-refractivity contribution is 6.19. The lowest BCUT2D eigenvalue weighted by molar-refractivity contribution is -0.140. The molecular weight excluding hydrogens is 222 g/mol. The molecule has 0 N–H and O–H groups in total. The summed E-state index contributed by atoms with van der Waals surface area (Å²) in [4.78, 5) is 14.2. The van der Waals surface area contributed by atoms with Gasteiger partial charge in [0.25, 0.3) is 0 Å². The first-order valence-corrected chi connectivity index (χ1v) is 6.77. The number of nitrogens with zero attached hydrogens (tertiary/aromatic N) is 1. The molecule has 0 radical (unpaired) electrons. The molecule has 0 spiro atoms. The molecule has 0 aliphatic carbocycles. The second-order valence-corrected chi connectivity index (χ2v) is 6.16. The topological polar surface area (TPSA) is 20.3 Å². The van der Waals surface area contributed by atoms with Gasteiger partial charge in [0, 0.05) is 19.0 Å². The van der Waals surface area contributed by atoms with Crippen LogP contribution in [0, 0.1) is 17.3 Å². The van der Waals surface area contributed by atoms with E-state index in [4.69, 9.17) is 11.6 Å². The summed E-state index contributed by atoms with van der Waals surface area (Å²) in [6.45, 7) is 10.2. The molecule has 0 aromatic heterocycles. The molecule has 1 heterocycles. The van der Waals surface area contributed by atoms with Crippen molar-refractivity contribution in [1.82, 2.24) is 4.90 Å². The van der Waals surface area contributed by atoms with E-state index in [1.165, 1.54) is 0 Å². The van der Waals surface area contributed by atoms with Gasteiger partial charge in [-0.2, -0.15) is 0 Å². The van der Waals surface area contributed by atoms with Gasteiger partial charge in [0.15, 0.2) is 0 Å². The average Bonchev–Trinajstić information content (AvgIpc) is 2.28. The highest BCUT2D eigenvalue weighted by Crippen LogP contribution is 2.28. The number of alkyl halides is 1. The lowest BCUT2D eigenvalue weighted by Gasteiger charge is -2.37. The predicted octanol–water partition coefficient (Wildman–Crippen LogP) is 3.15. The number of carbonyl (C=O) groups is 1. The van der Waals surface area contributed by atoms with Crippen molar-refractivity contribution in [2.75, 3.05) is 19.0 Å². The van der Waals surface area contributed by atoms with Crippen LogP contribution in [0.5, 0.6) is 0 Å². The van der Waals surface area contributed by atoms with Crippen molar-refractivity contribution in [3.8, 4) is 0 Å². The minimum absolute atomic E-state index is 0.213. The number of likely N-dealkylation sites (tertiary alicyclic amines) is 1. The average molecular weight is 246 g/mol. The van der Waals surface area contributed by atoms with Gasteiger partial charge >= 0.3 is 0 Å². The summed E-state index contributed by atoms with van der Waals surface area (Å²) >= 11 is 5.84. The fraction of sp³-hybridized carbons (Fsp3) is 0.923. The Morgan fingerprint density at radius 1 is 1.38 bits per heavy atom. The normalized spacial score (nSPS) is 19.2. The van der Waals surface area contributed by atoms with E-state index in [1.54, 1.807) is 0 Å². The van der Waals surface area contributed by atoms with Crippen molar-refractivity contribution >= 4 is 17.5 Å². The maximum atomic E-state index is 12.2. The molecule has 0 bridgehead atoms. The van der Waals surface area contributed by atoms with Crippen molar-refractivity contribution < 1.29 is 4.79 Å². The van der Waals surface area contributed by atoms with Crippen LogP contribution in [0.3, 0.4) is 0 Å². The molecule has 0 atom stereocenters. The van der Waals surface area contributed by atoms with E-state index in [0.717, 1.165) is 37.8 Å². The van der Waals surface area contributed by atoms with Crippen molar-refractivity contribution in [3.05, 3.63) is 0 Å². The van der Waals surface area contributed by atoms with Gasteiger partial charge in [-0.25, -0.2) is 0 Å². The molecule has 1 amide bonds. The molecule has 1 fully saturated rings. The summed E-state index contributed by atoms with van der Waals surface area (Å²) in [5.41, 5.74) is -0.410. The number of carbonyl (C=O) groups excluding carboxylic acids is 1. The third kappa shape index (κ3) is 3.13. The summed E-state index contributed by atoms with van der Waals surface area (Å²) in [5.74, 6) is 2.13. The standard InChI is InChI=1S/C13H24ClNO/c1-10(2)11-5-7-15(8-6-11)12(16)13(3,4)9-14/h10-11H,5-9H2,1-4H3. The SMILES string of the molecule is CC(C)C1CCN(C(=O)C(C)(C)CCl)CC1. The Balaban J connectivity index is 2.51. The predicted molar refractivity (Wildman–Crippen MR) is 68.6 cm³/mol. The van der Waals surface area contributed by atoms with Crippen LogP contribution in [0.1, 0.15) is 40.5 Å². The van der Waals surface area contributed by atoms with E-state index >= 15 is 0 Å². The molecule has 94 valence electrons. The summed E-state index contributed by atoms with van der Waals surface area (Å²) in [7, 11) is 0. The Morgan fingerprint density at radius 2 is 1.88 bits per heavy atom. The highest BCUT2D eigenvalue weighted by Gasteiger charge is 2.33. The lowest BCUT2D eigenvalue weighted by Crippen LogP contribution is -2.46. The van der Waals surface area contributed by atoms with Crippen LogP contribution >= 0.6 is 11.6 Å². The maximum Gasteiger partial charge on any atom is 0.229 e. The van der Waals surface area contributed by atoms with Gasteiger partial charge in [-0.05, 0) is 38.5 Å². The quantitative estimate of drug-likeness (QED) is 0.700. The molecule has 0 aromatic rings. The van der Waals surface area contributed by atoms with Gasteiger partial charge < -0.3 is 4.90 Å². The van der Waals surface area contributed by atoms with Gasteiger partial charge in [0.05, 0.1) is 5.41 Å². The van der Waals surface area contributed by atoms with Crippen molar-refractivity contribution in [2.45, 2.75) is 40.5 Å². The summed E-state index contributed by atoms with van der Waals surface area (Å²) < 4.78 is 0. The fourth-order valence-corrected chi connectivity index (χ4v) is 2.37. The van der Waals surface area contributed by atoms with E-state index in [-0.39, 0.29) is 5.91 Å². The van der Waals surface area contributed by atoms with Crippen LogP contribution < -0.4 is 0 Å². The molecule has 0 aromatic carbocycles. The van der Waals surface area contributed by atoms with Crippen molar-refractivity contribution in [2.24, 2.45) is 17.3 Å². The van der Waals surface area contributed by atoms with Crippen molar-refractivity contribution in [1.29, 1.82) is 0 Å². The first-order chi connectivity index (χ1) is 7.38. The van der Waals surface area contributed by atoms with Gasteiger partial charge in [-0.3, -0.25) is 4.79 Å². The minimum atomic E-state index is -0.410. The van der Waals surface area contributed by atoms with Gasteiger partial charge in [0.2, 0.25) is 5.91 Å². The first kappa shape index (κ1) is 13.8. The Kier molecular flexibility index (Phi) is 4.66. The Bertz CT molecular complexity index is 242. The Morgan fingerprint density at radius 3 is 2.25 bits per heavy atom. The Hall–Kier alpha value is -0.240. The van der Waals surface area contributed by atoms with Gasteiger partial charge in [-0.1, -0.05) is 13.8 Å². The summed E-state index contributed by atoms with van der Waals surface area (Å²) in [5, 5.41) is 0. The molecule has 0 unspecified atom stereocenters. The van der Waals surface area contributed by atoms with Crippen LogP contribution in [-0.2, 0) is 4.79 Å². The van der Waals surface area contributed by atoms with E-state index in [1.807, 2.05) is 18.7 Å². The molecule has 1 rings (SSSR count). The summed E-state index contributed by atoms with van der Waals surface area (Å²) in [6, 6.07) is 0. The number of hydrogen-bond donors (Lipinski definition) is 0.